The van der Waals surface area contributed by atoms with Crippen LogP contribution < -0.4 is 5.32 Å². The van der Waals surface area contributed by atoms with Crippen LogP contribution in [0.4, 0.5) is 4.79 Å². The summed E-state index contributed by atoms with van der Waals surface area (Å²) in [7, 11) is 0. The number of rotatable bonds is 5. The van der Waals surface area contributed by atoms with Gasteiger partial charge in [-0.15, -0.1) is 0 Å². The molecule has 0 aliphatic heterocycles. The molecular weight excluding hydrogens is 386 g/mol. The molecule has 2 N–H and O–H groups in total. The van der Waals surface area contributed by atoms with Gasteiger partial charge in [-0.3, -0.25) is 0 Å². The van der Waals surface area contributed by atoms with E-state index in [4.69, 9.17) is 16.3 Å². The molecule has 146 valence electrons. The van der Waals surface area contributed by atoms with Gasteiger partial charge in [-0.2, -0.15) is 0 Å². The van der Waals surface area contributed by atoms with Crippen LogP contribution in [0, 0.1) is 0 Å². The molecule has 1 aliphatic carbocycles. The zero-order valence-corrected chi connectivity index (χ0v) is 16.4. The quantitative estimate of drug-likeness (QED) is 0.581. The normalized spacial score (nSPS) is 12.6. The summed E-state index contributed by atoms with van der Waals surface area (Å²) in [6.45, 7) is 0.593. The summed E-state index contributed by atoms with van der Waals surface area (Å²) in [4.78, 5) is 12.1. The first kappa shape index (κ1) is 19.1. The molecule has 0 bridgehead atoms. The van der Waals surface area contributed by atoms with Crippen molar-refractivity contribution in [2.75, 3.05) is 13.2 Å². The molecule has 3 aromatic carbocycles. The van der Waals surface area contributed by atoms with Gasteiger partial charge in [0.15, 0.2) is 0 Å². The third-order valence-electron chi connectivity index (χ3n) is 4.92. The molecular formula is C24H20ClNO3. The van der Waals surface area contributed by atoms with Crippen molar-refractivity contribution in [1.82, 2.24) is 5.32 Å². The maximum Gasteiger partial charge on any atom is 0.407 e. The standard InChI is InChI=1S/C24H20ClNO3/c25-17-12-16(13-18(27)14-17)6-5-11-26-24(28)29-15-23-21-9-3-1-7-19(21)20-8-2-4-10-22(20)23/h1-10,12-14,23,27H,11,15H2,(H,26,28). The summed E-state index contributed by atoms with van der Waals surface area (Å²) in [5.41, 5.74) is 5.52. The van der Waals surface area contributed by atoms with Gasteiger partial charge < -0.3 is 15.2 Å². The Morgan fingerprint density at radius 3 is 2.34 bits per heavy atom. The second-order valence-electron chi connectivity index (χ2n) is 6.85. The first-order chi connectivity index (χ1) is 14.1. The van der Waals surface area contributed by atoms with Gasteiger partial charge in [0.25, 0.3) is 0 Å². The first-order valence-electron chi connectivity index (χ1n) is 9.37. The van der Waals surface area contributed by atoms with E-state index in [2.05, 4.69) is 29.6 Å². The molecule has 0 saturated carbocycles. The Labute approximate surface area is 174 Å². The average molecular weight is 406 g/mol. The van der Waals surface area contributed by atoms with Crippen LogP contribution in [0.25, 0.3) is 17.2 Å². The Balaban J connectivity index is 1.34. The lowest BCUT2D eigenvalue weighted by Crippen LogP contribution is -2.26. The highest BCUT2D eigenvalue weighted by Crippen LogP contribution is 2.44. The number of phenolic OH excluding ortho intramolecular Hbond substituents is 1. The van der Waals surface area contributed by atoms with E-state index in [0.717, 1.165) is 5.56 Å². The van der Waals surface area contributed by atoms with Gasteiger partial charge >= 0.3 is 6.09 Å². The van der Waals surface area contributed by atoms with Gasteiger partial charge in [-0.25, -0.2) is 4.79 Å². The fourth-order valence-corrected chi connectivity index (χ4v) is 3.92. The Morgan fingerprint density at radius 1 is 1.03 bits per heavy atom. The number of amides is 1. The van der Waals surface area contributed by atoms with E-state index in [9.17, 15) is 9.90 Å². The van der Waals surface area contributed by atoms with Crippen molar-refractivity contribution < 1.29 is 14.6 Å². The van der Waals surface area contributed by atoms with Gasteiger partial charge in [0.2, 0.25) is 0 Å². The number of alkyl carbamates (subject to hydrolysis) is 1. The van der Waals surface area contributed by atoms with Crippen LogP contribution in [-0.4, -0.2) is 24.4 Å². The minimum Gasteiger partial charge on any atom is -0.508 e. The summed E-state index contributed by atoms with van der Waals surface area (Å²) in [6, 6.07) is 21.2. The number of benzene rings is 3. The minimum absolute atomic E-state index is 0.0399. The van der Waals surface area contributed by atoms with Crippen LogP contribution in [0.2, 0.25) is 5.02 Å². The van der Waals surface area contributed by atoms with Crippen molar-refractivity contribution >= 4 is 23.8 Å². The summed E-state index contributed by atoms with van der Waals surface area (Å²) in [5, 5.41) is 12.7. The van der Waals surface area contributed by atoms with Crippen LogP contribution in [0.3, 0.4) is 0 Å². The topological polar surface area (TPSA) is 58.6 Å². The molecule has 0 atom stereocenters. The van der Waals surface area contributed by atoms with Crippen LogP contribution in [-0.2, 0) is 4.74 Å². The lowest BCUT2D eigenvalue weighted by molar-refractivity contribution is 0.144. The van der Waals surface area contributed by atoms with E-state index < -0.39 is 6.09 Å². The Bertz CT molecular complexity index is 1010. The van der Waals surface area contributed by atoms with Gasteiger partial charge in [-0.1, -0.05) is 72.3 Å². The number of phenols is 1. The van der Waals surface area contributed by atoms with Gasteiger partial charge in [0, 0.05) is 17.5 Å². The molecule has 5 heteroatoms. The van der Waals surface area contributed by atoms with Gasteiger partial charge in [-0.05, 0) is 46.0 Å². The molecule has 0 radical (unpaired) electrons. The zero-order valence-electron chi connectivity index (χ0n) is 15.6. The molecule has 1 aliphatic rings. The fourth-order valence-electron chi connectivity index (χ4n) is 3.68. The molecule has 29 heavy (non-hydrogen) atoms. The zero-order chi connectivity index (χ0) is 20.2. The number of aromatic hydroxyl groups is 1. The van der Waals surface area contributed by atoms with Crippen molar-refractivity contribution in [2.24, 2.45) is 0 Å². The largest absolute Gasteiger partial charge is 0.508 e. The second kappa shape index (κ2) is 8.41. The molecule has 0 heterocycles. The summed E-state index contributed by atoms with van der Waals surface area (Å²) in [5.74, 6) is 0.139. The molecule has 0 spiro atoms. The number of halogens is 1. The number of carbonyl (C=O) groups is 1. The molecule has 1 amide bonds. The second-order valence-corrected chi connectivity index (χ2v) is 7.29. The molecule has 0 fully saturated rings. The van der Waals surface area contributed by atoms with Crippen LogP contribution in [0.1, 0.15) is 22.6 Å². The van der Waals surface area contributed by atoms with Crippen molar-refractivity contribution in [3.63, 3.8) is 0 Å². The summed E-state index contributed by atoms with van der Waals surface area (Å²) < 4.78 is 5.49. The molecule has 0 unspecified atom stereocenters. The van der Waals surface area contributed by atoms with E-state index in [1.165, 1.54) is 28.3 Å². The fraction of sp³-hybridized carbons (Fsp3) is 0.125. The highest BCUT2D eigenvalue weighted by atomic mass is 35.5. The SMILES string of the molecule is O=C(NCC=Cc1cc(O)cc(Cl)c1)OCC1c2ccccc2-c2ccccc21. The number of hydrogen-bond donors (Lipinski definition) is 2. The maximum atomic E-state index is 12.1. The third kappa shape index (κ3) is 4.28. The number of ether oxygens (including phenoxy) is 1. The van der Waals surface area contributed by atoms with Crippen molar-refractivity contribution in [2.45, 2.75) is 5.92 Å². The lowest BCUT2D eigenvalue weighted by atomic mass is 9.98. The number of carbonyl (C=O) groups excluding carboxylic acids is 1. The molecule has 4 rings (SSSR count). The monoisotopic (exact) mass is 405 g/mol. The van der Waals surface area contributed by atoms with Crippen molar-refractivity contribution in [1.29, 1.82) is 0 Å². The van der Waals surface area contributed by atoms with Crippen LogP contribution >= 0.6 is 11.6 Å². The minimum atomic E-state index is -0.467. The predicted octanol–water partition coefficient (Wildman–Crippen LogP) is 5.60. The van der Waals surface area contributed by atoms with Gasteiger partial charge in [0.05, 0.1) is 0 Å². The van der Waals surface area contributed by atoms with Crippen molar-refractivity contribution in [3.05, 3.63) is 94.5 Å². The smallest absolute Gasteiger partial charge is 0.407 e. The highest BCUT2D eigenvalue weighted by molar-refractivity contribution is 6.30. The van der Waals surface area contributed by atoms with E-state index in [1.54, 1.807) is 24.3 Å². The maximum absolute atomic E-state index is 12.1. The van der Waals surface area contributed by atoms with E-state index in [1.807, 2.05) is 24.3 Å². The van der Waals surface area contributed by atoms with Crippen LogP contribution in [0.15, 0.2) is 72.8 Å². The van der Waals surface area contributed by atoms with Crippen LogP contribution in [0.5, 0.6) is 5.75 Å². The predicted molar refractivity (Wildman–Crippen MR) is 115 cm³/mol. The Kier molecular flexibility index (Phi) is 5.54. The number of fused-ring (bicyclic) bond motifs is 3. The molecule has 3 aromatic rings. The highest BCUT2D eigenvalue weighted by Gasteiger charge is 2.28. The average Bonchev–Trinajstić information content (AvgIpc) is 3.03. The number of hydrogen-bond acceptors (Lipinski definition) is 3. The van der Waals surface area contributed by atoms with Crippen molar-refractivity contribution in [3.8, 4) is 16.9 Å². The number of nitrogens with one attached hydrogen (secondary N) is 1. The first-order valence-corrected chi connectivity index (χ1v) is 9.74. The molecule has 0 aromatic heterocycles. The molecule has 0 saturated heterocycles. The van der Waals surface area contributed by atoms with E-state index in [0.29, 0.717) is 11.6 Å². The molecule has 4 nitrogen and oxygen atoms in total. The Hall–Kier alpha value is -3.24. The Morgan fingerprint density at radius 2 is 1.69 bits per heavy atom. The summed E-state index contributed by atoms with van der Waals surface area (Å²) >= 11 is 5.91. The van der Waals surface area contributed by atoms with Gasteiger partial charge in [0.1, 0.15) is 12.4 Å². The van der Waals surface area contributed by atoms with E-state index in [-0.39, 0.29) is 18.3 Å². The summed E-state index contributed by atoms with van der Waals surface area (Å²) in [6.07, 6.45) is 3.08. The lowest BCUT2D eigenvalue weighted by Gasteiger charge is -2.14. The van der Waals surface area contributed by atoms with E-state index >= 15 is 0 Å². The third-order valence-corrected chi connectivity index (χ3v) is 5.14.